The largest absolute Gasteiger partial charge is 0.392 e. The summed E-state index contributed by atoms with van der Waals surface area (Å²) in [5.74, 6) is 0. The molecule has 0 radical (unpaired) electrons. The van der Waals surface area contributed by atoms with E-state index in [0.29, 0.717) is 4.99 Å². The zero-order valence-electron chi connectivity index (χ0n) is 8.62. The third-order valence-corrected chi connectivity index (χ3v) is 3.04. The molecule has 76 valence electrons. The second kappa shape index (κ2) is 4.91. The molecule has 2 N–H and O–H groups in total. The predicted octanol–water partition coefficient (Wildman–Crippen LogP) is 1.93. The third-order valence-electron chi connectivity index (χ3n) is 2.69. The molecule has 1 aliphatic rings. The lowest BCUT2D eigenvalue weighted by atomic mass is 10.2. The molecule has 3 heteroatoms. The lowest BCUT2D eigenvalue weighted by molar-refractivity contribution is 0.239. The Kier molecular flexibility index (Phi) is 4.13. The van der Waals surface area contributed by atoms with Gasteiger partial charge < -0.3 is 5.73 Å². The van der Waals surface area contributed by atoms with Gasteiger partial charge in [-0.2, -0.15) is 0 Å². The normalized spacial score (nSPS) is 19.0. The number of nitrogens with zero attached hydrogens (tertiary/aromatic N) is 1. The standard InChI is InChI=1S/C10H20N2S/c1-3-4-7-12(9-5-6-9)8(2)10(11)13/h8-9H,3-7H2,1-2H3,(H2,11,13). The molecule has 0 aliphatic heterocycles. The topological polar surface area (TPSA) is 29.3 Å². The number of nitrogens with two attached hydrogens (primary N) is 1. The summed E-state index contributed by atoms with van der Waals surface area (Å²) in [6.07, 6.45) is 5.16. The van der Waals surface area contributed by atoms with Crippen LogP contribution in [-0.4, -0.2) is 28.5 Å². The summed E-state index contributed by atoms with van der Waals surface area (Å²) in [6, 6.07) is 1.05. The number of hydrogen-bond acceptors (Lipinski definition) is 2. The van der Waals surface area contributed by atoms with E-state index < -0.39 is 0 Å². The van der Waals surface area contributed by atoms with Crippen LogP contribution in [0.3, 0.4) is 0 Å². The van der Waals surface area contributed by atoms with E-state index in [1.807, 2.05) is 0 Å². The molecule has 2 nitrogen and oxygen atoms in total. The van der Waals surface area contributed by atoms with Crippen molar-refractivity contribution in [2.75, 3.05) is 6.54 Å². The Hall–Kier alpha value is -0.150. The van der Waals surface area contributed by atoms with Crippen molar-refractivity contribution in [1.29, 1.82) is 0 Å². The zero-order valence-corrected chi connectivity index (χ0v) is 9.44. The second-order valence-corrected chi connectivity index (χ2v) is 4.37. The third kappa shape index (κ3) is 3.24. The first-order valence-electron chi connectivity index (χ1n) is 5.22. The molecule has 1 saturated carbocycles. The highest BCUT2D eigenvalue weighted by Crippen LogP contribution is 2.28. The maximum atomic E-state index is 5.66. The van der Waals surface area contributed by atoms with Crippen molar-refractivity contribution in [1.82, 2.24) is 4.90 Å². The van der Waals surface area contributed by atoms with Crippen molar-refractivity contribution in [3.05, 3.63) is 0 Å². The summed E-state index contributed by atoms with van der Waals surface area (Å²) >= 11 is 5.03. The smallest absolute Gasteiger partial charge is 0.0899 e. The van der Waals surface area contributed by atoms with Crippen LogP contribution in [0.15, 0.2) is 0 Å². The van der Waals surface area contributed by atoms with Gasteiger partial charge in [-0.1, -0.05) is 25.6 Å². The van der Waals surface area contributed by atoms with E-state index in [1.54, 1.807) is 0 Å². The first-order valence-corrected chi connectivity index (χ1v) is 5.62. The highest BCUT2D eigenvalue weighted by atomic mass is 32.1. The van der Waals surface area contributed by atoms with Crippen molar-refractivity contribution >= 4 is 17.2 Å². The van der Waals surface area contributed by atoms with Gasteiger partial charge in [0.05, 0.1) is 11.0 Å². The van der Waals surface area contributed by atoms with Crippen LogP contribution in [0.1, 0.15) is 39.5 Å². The highest BCUT2D eigenvalue weighted by Gasteiger charge is 2.32. The molecule has 0 saturated heterocycles. The number of rotatable bonds is 6. The molecular formula is C10H20N2S. The first kappa shape index (κ1) is 10.9. The Labute approximate surface area is 86.5 Å². The van der Waals surface area contributed by atoms with Crippen LogP contribution in [0.4, 0.5) is 0 Å². The van der Waals surface area contributed by atoms with Crippen LogP contribution in [0.5, 0.6) is 0 Å². The molecular weight excluding hydrogens is 180 g/mol. The zero-order chi connectivity index (χ0) is 9.84. The van der Waals surface area contributed by atoms with E-state index in [1.165, 1.54) is 25.7 Å². The van der Waals surface area contributed by atoms with Crippen LogP contribution >= 0.6 is 12.2 Å². The summed E-state index contributed by atoms with van der Waals surface area (Å²) in [6.45, 7) is 5.49. The summed E-state index contributed by atoms with van der Waals surface area (Å²) in [5, 5.41) is 0. The van der Waals surface area contributed by atoms with Gasteiger partial charge in [0.2, 0.25) is 0 Å². The van der Waals surface area contributed by atoms with Crippen molar-refractivity contribution in [2.24, 2.45) is 5.73 Å². The van der Waals surface area contributed by atoms with Gasteiger partial charge in [-0.05, 0) is 32.7 Å². The van der Waals surface area contributed by atoms with Crippen LogP contribution in [0, 0.1) is 0 Å². The van der Waals surface area contributed by atoms with Crippen molar-refractivity contribution < 1.29 is 0 Å². The van der Waals surface area contributed by atoms with Crippen molar-refractivity contribution in [2.45, 2.75) is 51.6 Å². The maximum Gasteiger partial charge on any atom is 0.0899 e. The molecule has 1 rings (SSSR count). The second-order valence-electron chi connectivity index (χ2n) is 3.90. The molecule has 0 aromatic carbocycles. The van der Waals surface area contributed by atoms with Gasteiger partial charge in [0, 0.05) is 6.04 Å². The molecule has 0 spiro atoms. The molecule has 0 heterocycles. The fraction of sp³-hybridized carbons (Fsp3) is 0.900. The fourth-order valence-electron chi connectivity index (χ4n) is 1.60. The molecule has 1 unspecified atom stereocenters. The Bertz CT molecular complexity index is 178. The average molecular weight is 200 g/mol. The van der Waals surface area contributed by atoms with Crippen LogP contribution in [0.2, 0.25) is 0 Å². The van der Waals surface area contributed by atoms with Crippen LogP contribution in [0.25, 0.3) is 0 Å². The van der Waals surface area contributed by atoms with E-state index in [-0.39, 0.29) is 6.04 Å². The Balaban J connectivity index is 2.40. The molecule has 0 aromatic heterocycles. The minimum absolute atomic E-state index is 0.286. The van der Waals surface area contributed by atoms with E-state index in [4.69, 9.17) is 18.0 Å². The maximum absolute atomic E-state index is 5.66. The molecule has 0 aromatic rings. The van der Waals surface area contributed by atoms with E-state index in [9.17, 15) is 0 Å². The number of thiocarbonyl (C=S) groups is 1. The van der Waals surface area contributed by atoms with Gasteiger partial charge >= 0.3 is 0 Å². The molecule has 13 heavy (non-hydrogen) atoms. The molecule has 0 bridgehead atoms. The average Bonchev–Trinajstić information content (AvgIpc) is 2.88. The van der Waals surface area contributed by atoms with Crippen LogP contribution < -0.4 is 5.73 Å². The van der Waals surface area contributed by atoms with Crippen LogP contribution in [-0.2, 0) is 0 Å². The Morgan fingerprint density at radius 3 is 2.62 bits per heavy atom. The molecule has 1 atom stereocenters. The van der Waals surface area contributed by atoms with Gasteiger partial charge in [0.1, 0.15) is 0 Å². The van der Waals surface area contributed by atoms with E-state index >= 15 is 0 Å². The summed E-state index contributed by atoms with van der Waals surface area (Å²) < 4.78 is 0. The van der Waals surface area contributed by atoms with E-state index in [0.717, 1.165) is 12.6 Å². The van der Waals surface area contributed by atoms with Crippen molar-refractivity contribution in [3.8, 4) is 0 Å². The molecule has 0 amide bonds. The van der Waals surface area contributed by atoms with Gasteiger partial charge in [-0.25, -0.2) is 0 Å². The summed E-state index contributed by atoms with van der Waals surface area (Å²) in [7, 11) is 0. The number of hydrogen-bond donors (Lipinski definition) is 1. The van der Waals surface area contributed by atoms with Gasteiger partial charge in [0.25, 0.3) is 0 Å². The van der Waals surface area contributed by atoms with E-state index in [2.05, 4.69) is 18.7 Å². The highest BCUT2D eigenvalue weighted by molar-refractivity contribution is 7.80. The Morgan fingerprint density at radius 1 is 1.62 bits per heavy atom. The minimum atomic E-state index is 0.286. The lowest BCUT2D eigenvalue weighted by Gasteiger charge is -2.28. The number of unbranched alkanes of at least 4 members (excludes halogenated alkanes) is 1. The SMILES string of the molecule is CCCCN(C1CC1)C(C)C(N)=S. The first-order chi connectivity index (χ1) is 6.16. The summed E-state index contributed by atoms with van der Waals surface area (Å²) in [4.78, 5) is 3.11. The minimum Gasteiger partial charge on any atom is -0.392 e. The quantitative estimate of drug-likeness (QED) is 0.664. The monoisotopic (exact) mass is 200 g/mol. The van der Waals surface area contributed by atoms with Crippen molar-refractivity contribution in [3.63, 3.8) is 0 Å². The Morgan fingerprint density at radius 2 is 2.23 bits per heavy atom. The van der Waals surface area contributed by atoms with Gasteiger partial charge in [-0.3, -0.25) is 4.90 Å². The molecule has 1 aliphatic carbocycles. The predicted molar refractivity (Wildman–Crippen MR) is 60.9 cm³/mol. The van der Waals surface area contributed by atoms with Gasteiger partial charge in [-0.15, -0.1) is 0 Å². The lowest BCUT2D eigenvalue weighted by Crippen LogP contribution is -2.43. The fourth-order valence-corrected chi connectivity index (χ4v) is 1.74. The molecule has 1 fully saturated rings. The van der Waals surface area contributed by atoms with Gasteiger partial charge in [0.15, 0.2) is 0 Å². The summed E-state index contributed by atoms with van der Waals surface area (Å²) in [5.41, 5.74) is 5.66.